The van der Waals surface area contributed by atoms with Gasteiger partial charge in [0.1, 0.15) is 0 Å². The molecule has 2 aliphatic rings. The van der Waals surface area contributed by atoms with Gasteiger partial charge < -0.3 is 19.3 Å². The lowest BCUT2D eigenvalue weighted by molar-refractivity contribution is -0.182. The van der Waals surface area contributed by atoms with Gasteiger partial charge in [-0.2, -0.15) is 0 Å². The molecule has 2 fully saturated rings. The second kappa shape index (κ2) is 6.89. The van der Waals surface area contributed by atoms with Crippen molar-refractivity contribution in [2.24, 2.45) is 0 Å². The van der Waals surface area contributed by atoms with Crippen LogP contribution in [-0.2, 0) is 16.0 Å². The van der Waals surface area contributed by atoms with Crippen molar-refractivity contribution < 1.29 is 14.3 Å². The molecule has 126 valence electrons. The molecule has 0 bridgehead atoms. The van der Waals surface area contributed by atoms with Gasteiger partial charge in [-0.3, -0.25) is 0 Å². The van der Waals surface area contributed by atoms with Crippen LogP contribution in [0.25, 0.3) is 0 Å². The maximum absolute atomic E-state index is 12.9. The number of likely N-dealkylation sites (tertiary alicyclic amines) is 1. The topological polar surface area (TPSA) is 42.0 Å². The van der Waals surface area contributed by atoms with Crippen molar-refractivity contribution in [2.75, 3.05) is 26.3 Å². The lowest BCUT2D eigenvalue weighted by Gasteiger charge is -2.40. The Labute approximate surface area is 138 Å². The molecular weight excluding hydrogens is 292 g/mol. The summed E-state index contributed by atoms with van der Waals surface area (Å²) >= 11 is 0. The number of carbonyl (C=O) groups excluding carboxylic acids is 1. The van der Waals surface area contributed by atoms with Crippen LogP contribution in [0.2, 0.25) is 0 Å². The molecular formula is C18H26N2O3. The van der Waals surface area contributed by atoms with E-state index in [4.69, 9.17) is 9.47 Å². The van der Waals surface area contributed by atoms with E-state index in [1.807, 2.05) is 28.0 Å². The van der Waals surface area contributed by atoms with E-state index in [-0.39, 0.29) is 12.1 Å². The number of piperidine rings is 1. The normalized spacial score (nSPS) is 20.2. The number of carbonyl (C=O) groups is 1. The van der Waals surface area contributed by atoms with Crippen molar-refractivity contribution in [1.29, 1.82) is 0 Å². The SMILES string of the molecule is CC(C)N(Cc1ccccc1)C(=O)N1CCC2(CC1)OCCO2. The van der Waals surface area contributed by atoms with Crippen LogP contribution in [0.1, 0.15) is 32.3 Å². The Hall–Kier alpha value is -1.59. The first-order valence-electron chi connectivity index (χ1n) is 8.47. The van der Waals surface area contributed by atoms with E-state index in [9.17, 15) is 4.79 Å². The zero-order chi connectivity index (χ0) is 16.3. The fourth-order valence-electron chi connectivity index (χ4n) is 3.26. The standard InChI is InChI=1S/C18H26N2O3/c1-15(2)20(14-16-6-4-3-5-7-16)17(21)19-10-8-18(9-11-19)22-12-13-23-18/h3-7,15H,8-14H2,1-2H3. The number of rotatable bonds is 3. The number of benzene rings is 1. The average Bonchev–Trinajstić information content (AvgIpc) is 3.01. The van der Waals surface area contributed by atoms with Crippen LogP contribution in [0.4, 0.5) is 4.79 Å². The molecule has 2 amide bonds. The molecule has 5 nitrogen and oxygen atoms in total. The molecule has 1 aromatic rings. The van der Waals surface area contributed by atoms with Crippen LogP contribution in [-0.4, -0.2) is 54.0 Å². The van der Waals surface area contributed by atoms with Gasteiger partial charge >= 0.3 is 6.03 Å². The van der Waals surface area contributed by atoms with Crippen LogP contribution in [0.5, 0.6) is 0 Å². The summed E-state index contributed by atoms with van der Waals surface area (Å²) in [6.45, 7) is 7.49. The van der Waals surface area contributed by atoms with Gasteiger partial charge in [0, 0.05) is 38.5 Å². The second-order valence-electron chi connectivity index (χ2n) is 6.58. The third kappa shape index (κ3) is 3.67. The number of hydrogen-bond acceptors (Lipinski definition) is 3. The first-order valence-corrected chi connectivity index (χ1v) is 8.47. The van der Waals surface area contributed by atoms with Gasteiger partial charge in [0.2, 0.25) is 0 Å². The predicted molar refractivity (Wildman–Crippen MR) is 88.0 cm³/mol. The van der Waals surface area contributed by atoms with Crippen LogP contribution in [0.15, 0.2) is 30.3 Å². The highest BCUT2D eigenvalue weighted by atomic mass is 16.7. The van der Waals surface area contributed by atoms with Gasteiger partial charge in [-0.25, -0.2) is 4.79 Å². The smallest absolute Gasteiger partial charge is 0.320 e. The first kappa shape index (κ1) is 16.3. The predicted octanol–water partition coefficient (Wildman–Crippen LogP) is 2.86. The fraction of sp³-hybridized carbons (Fsp3) is 0.611. The van der Waals surface area contributed by atoms with Crippen molar-refractivity contribution in [3.05, 3.63) is 35.9 Å². The molecule has 0 aliphatic carbocycles. The monoisotopic (exact) mass is 318 g/mol. The number of amides is 2. The molecule has 5 heteroatoms. The van der Waals surface area contributed by atoms with E-state index >= 15 is 0 Å². The van der Waals surface area contributed by atoms with Gasteiger partial charge in [-0.15, -0.1) is 0 Å². The number of ether oxygens (including phenoxy) is 2. The van der Waals surface area contributed by atoms with Gasteiger partial charge in [0.25, 0.3) is 0 Å². The Kier molecular flexibility index (Phi) is 4.87. The van der Waals surface area contributed by atoms with Crippen molar-refractivity contribution in [1.82, 2.24) is 9.80 Å². The molecule has 2 heterocycles. The molecule has 1 aromatic carbocycles. The Morgan fingerprint density at radius 2 is 1.78 bits per heavy atom. The molecule has 0 unspecified atom stereocenters. The highest BCUT2D eigenvalue weighted by Gasteiger charge is 2.41. The largest absolute Gasteiger partial charge is 0.347 e. The zero-order valence-electron chi connectivity index (χ0n) is 14.0. The summed E-state index contributed by atoms with van der Waals surface area (Å²) in [7, 11) is 0. The summed E-state index contributed by atoms with van der Waals surface area (Å²) in [5, 5.41) is 0. The molecule has 1 spiro atoms. The minimum absolute atomic E-state index is 0.108. The van der Waals surface area contributed by atoms with Crippen LogP contribution < -0.4 is 0 Å². The Balaban J connectivity index is 1.62. The van der Waals surface area contributed by atoms with Crippen LogP contribution in [0.3, 0.4) is 0 Å². The maximum Gasteiger partial charge on any atom is 0.320 e. The van der Waals surface area contributed by atoms with Crippen molar-refractivity contribution in [2.45, 2.75) is 45.1 Å². The van der Waals surface area contributed by atoms with Gasteiger partial charge in [0.05, 0.1) is 13.2 Å². The van der Waals surface area contributed by atoms with Gasteiger partial charge in [0.15, 0.2) is 5.79 Å². The summed E-state index contributed by atoms with van der Waals surface area (Å²) in [5.41, 5.74) is 1.16. The third-order valence-electron chi connectivity index (χ3n) is 4.67. The first-order chi connectivity index (χ1) is 11.1. The summed E-state index contributed by atoms with van der Waals surface area (Å²) in [4.78, 5) is 16.8. The summed E-state index contributed by atoms with van der Waals surface area (Å²) in [6.07, 6.45) is 1.52. The third-order valence-corrected chi connectivity index (χ3v) is 4.67. The van der Waals surface area contributed by atoms with Crippen LogP contribution in [0, 0.1) is 0 Å². The minimum Gasteiger partial charge on any atom is -0.347 e. The van der Waals surface area contributed by atoms with Crippen molar-refractivity contribution in [3.63, 3.8) is 0 Å². The van der Waals surface area contributed by atoms with Gasteiger partial charge in [-0.1, -0.05) is 30.3 Å². The molecule has 0 atom stereocenters. The molecule has 3 rings (SSSR count). The Morgan fingerprint density at radius 3 is 2.35 bits per heavy atom. The van der Waals surface area contributed by atoms with E-state index in [1.165, 1.54) is 0 Å². The Morgan fingerprint density at radius 1 is 1.17 bits per heavy atom. The highest BCUT2D eigenvalue weighted by molar-refractivity contribution is 5.75. The second-order valence-corrected chi connectivity index (χ2v) is 6.58. The minimum atomic E-state index is -0.432. The number of nitrogens with zero attached hydrogens (tertiary/aromatic N) is 2. The summed E-state index contributed by atoms with van der Waals surface area (Å²) < 4.78 is 11.5. The van der Waals surface area contributed by atoms with E-state index < -0.39 is 5.79 Å². The average molecular weight is 318 g/mol. The van der Waals surface area contributed by atoms with Crippen LogP contribution >= 0.6 is 0 Å². The maximum atomic E-state index is 12.9. The Bertz CT molecular complexity index is 516. The quantitative estimate of drug-likeness (QED) is 0.860. The van der Waals surface area contributed by atoms with Crippen molar-refractivity contribution >= 4 is 6.03 Å². The molecule has 0 saturated carbocycles. The van der Waals surface area contributed by atoms with E-state index in [0.29, 0.717) is 32.8 Å². The lowest BCUT2D eigenvalue weighted by Crippen LogP contribution is -2.52. The summed E-state index contributed by atoms with van der Waals surface area (Å²) in [6, 6.07) is 10.4. The number of urea groups is 1. The molecule has 23 heavy (non-hydrogen) atoms. The van der Waals surface area contributed by atoms with Crippen molar-refractivity contribution in [3.8, 4) is 0 Å². The zero-order valence-corrected chi connectivity index (χ0v) is 14.0. The molecule has 0 aromatic heterocycles. The molecule has 0 radical (unpaired) electrons. The van der Waals surface area contributed by atoms with Gasteiger partial charge in [-0.05, 0) is 19.4 Å². The lowest BCUT2D eigenvalue weighted by atomic mass is 10.0. The molecule has 2 aliphatic heterocycles. The fourth-order valence-corrected chi connectivity index (χ4v) is 3.26. The summed E-state index contributed by atoms with van der Waals surface area (Å²) in [5.74, 6) is -0.432. The highest BCUT2D eigenvalue weighted by Crippen LogP contribution is 2.31. The number of hydrogen-bond donors (Lipinski definition) is 0. The molecule has 2 saturated heterocycles. The van der Waals surface area contributed by atoms with E-state index in [0.717, 1.165) is 18.4 Å². The van der Waals surface area contributed by atoms with E-state index in [1.54, 1.807) is 0 Å². The van der Waals surface area contributed by atoms with E-state index in [2.05, 4.69) is 26.0 Å². The molecule has 0 N–H and O–H groups in total.